The molecule has 29 heavy (non-hydrogen) atoms. The molecule has 0 amide bonds. The maximum Gasteiger partial charge on any atom is 0.417 e. The molecule has 0 spiro atoms. The lowest BCUT2D eigenvalue weighted by atomic mass is 9.98. The van der Waals surface area contributed by atoms with Crippen molar-refractivity contribution in [1.29, 1.82) is 0 Å². The molecular weight excluding hydrogens is 401 g/mol. The Morgan fingerprint density at radius 3 is 2.66 bits per heavy atom. The second kappa shape index (κ2) is 6.56. The van der Waals surface area contributed by atoms with Crippen LogP contribution in [0.5, 0.6) is 0 Å². The molecule has 8 heteroatoms. The summed E-state index contributed by atoms with van der Waals surface area (Å²) in [6.07, 6.45) is 1.38. The van der Waals surface area contributed by atoms with E-state index in [4.69, 9.17) is 11.6 Å². The number of halogens is 4. The van der Waals surface area contributed by atoms with Gasteiger partial charge in [-0.3, -0.25) is 4.98 Å². The average molecular weight is 415 g/mol. The first kappa shape index (κ1) is 18.1. The number of benzene rings is 1. The van der Waals surface area contributed by atoms with Crippen LogP contribution in [0.25, 0.3) is 16.8 Å². The summed E-state index contributed by atoms with van der Waals surface area (Å²) in [6, 6.07) is 10.8. The standard InChI is InChI=1S/C21H14ClF3N4/c22-19-11-16(20-27-7-8-29(20)28-19)14-10-15(14)18-9-12(5-6-26-18)13-3-1-2-4-17(13)21(23,24)25/h1-9,11,14-15H,10H2/t14?,15-/m0/s1. The molecule has 4 aromatic rings. The van der Waals surface area contributed by atoms with Crippen LogP contribution in [-0.4, -0.2) is 19.6 Å². The molecule has 0 saturated heterocycles. The van der Waals surface area contributed by atoms with Crippen molar-refractivity contribution >= 4 is 17.2 Å². The van der Waals surface area contributed by atoms with Crippen molar-refractivity contribution in [1.82, 2.24) is 19.6 Å². The summed E-state index contributed by atoms with van der Waals surface area (Å²) in [5.74, 6) is 0.257. The first-order chi connectivity index (χ1) is 13.9. The predicted molar refractivity (Wildman–Crippen MR) is 103 cm³/mol. The number of pyridine rings is 1. The van der Waals surface area contributed by atoms with Gasteiger partial charge in [0.05, 0.1) is 5.56 Å². The smallest absolute Gasteiger partial charge is 0.261 e. The van der Waals surface area contributed by atoms with Gasteiger partial charge in [0.15, 0.2) is 5.65 Å². The van der Waals surface area contributed by atoms with Crippen LogP contribution in [-0.2, 0) is 6.18 Å². The maximum atomic E-state index is 13.4. The molecule has 1 saturated carbocycles. The molecule has 1 unspecified atom stereocenters. The molecule has 2 atom stereocenters. The number of alkyl halides is 3. The van der Waals surface area contributed by atoms with Gasteiger partial charge in [-0.1, -0.05) is 29.8 Å². The fourth-order valence-electron chi connectivity index (χ4n) is 3.85. The van der Waals surface area contributed by atoms with Crippen molar-refractivity contribution in [2.24, 2.45) is 0 Å². The number of aromatic nitrogens is 4. The summed E-state index contributed by atoms with van der Waals surface area (Å²) in [5, 5.41) is 4.56. The molecule has 4 nitrogen and oxygen atoms in total. The molecular formula is C21H14ClF3N4. The van der Waals surface area contributed by atoms with E-state index < -0.39 is 11.7 Å². The second-order valence-corrected chi connectivity index (χ2v) is 7.47. The highest BCUT2D eigenvalue weighted by atomic mass is 35.5. The molecule has 3 aromatic heterocycles. The van der Waals surface area contributed by atoms with E-state index in [-0.39, 0.29) is 17.4 Å². The van der Waals surface area contributed by atoms with Crippen LogP contribution in [0.15, 0.2) is 61.1 Å². The maximum absolute atomic E-state index is 13.4. The Balaban J connectivity index is 1.50. The van der Waals surface area contributed by atoms with Crippen LogP contribution in [0.1, 0.15) is 35.1 Å². The SMILES string of the molecule is FC(F)(F)c1ccccc1-c1ccnc([C@H]2CC2c2cc(Cl)nn3ccnc23)c1. The highest BCUT2D eigenvalue weighted by Gasteiger charge is 2.42. The lowest BCUT2D eigenvalue weighted by molar-refractivity contribution is -0.137. The summed E-state index contributed by atoms with van der Waals surface area (Å²) in [7, 11) is 0. The van der Waals surface area contributed by atoms with Gasteiger partial charge in [-0.05, 0) is 47.7 Å². The topological polar surface area (TPSA) is 43.1 Å². The van der Waals surface area contributed by atoms with Crippen molar-refractivity contribution in [2.45, 2.75) is 24.4 Å². The molecule has 3 heterocycles. The first-order valence-corrected chi connectivity index (χ1v) is 9.42. The van der Waals surface area contributed by atoms with E-state index >= 15 is 0 Å². The first-order valence-electron chi connectivity index (χ1n) is 9.04. The zero-order valence-corrected chi connectivity index (χ0v) is 15.7. The minimum atomic E-state index is -4.41. The zero-order valence-electron chi connectivity index (χ0n) is 14.9. The van der Waals surface area contributed by atoms with E-state index in [2.05, 4.69) is 15.1 Å². The minimum Gasteiger partial charge on any atom is -0.261 e. The molecule has 0 aliphatic heterocycles. The quantitative estimate of drug-likeness (QED) is 0.429. The van der Waals surface area contributed by atoms with Crippen LogP contribution >= 0.6 is 11.6 Å². The van der Waals surface area contributed by atoms with Crippen molar-refractivity contribution in [2.75, 3.05) is 0 Å². The molecule has 5 rings (SSSR count). The van der Waals surface area contributed by atoms with Crippen LogP contribution in [0.2, 0.25) is 5.15 Å². The fraction of sp³-hybridized carbons (Fsp3) is 0.190. The van der Waals surface area contributed by atoms with E-state index in [0.717, 1.165) is 29.4 Å². The molecule has 146 valence electrons. The van der Waals surface area contributed by atoms with Crippen molar-refractivity contribution in [3.05, 3.63) is 83.0 Å². The second-order valence-electron chi connectivity index (χ2n) is 7.08. The number of fused-ring (bicyclic) bond motifs is 1. The third-order valence-electron chi connectivity index (χ3n) is 5.25. The van der Waals surface area contributed by atoms with Gasteiger partial charge in [-0.2, -0.15) is 18.3 Å². The van der Waals surface area contributed by atoms with E-state index in [1.807, 2.05) is 0 Å². The van der Waals surface area contributed by atoms with Gasteiger partial charge in [0.2, 0.25) is 0 Å². The van der Waals surface area contributed by atoms with Gasteiger partial charge in [-0.25, -0.2) is 9.50 Å². The van der Waals surface area contributed by atoms with E-state index in [1.165, 1.54) is 12.1 Å². The van der Waals surface area contributed by atoms with Crippen LogP contribution in [0.3, 0.4) is 0 Å². The van der Waals surface area contributed by atoms with Gasteiger partial charge in [0.25, 0.3) is 0 Å². The number of hydrogen-bond acceptors (Lipinski definition) is 3. The zero-order chi connectivity index (χ0) is 20.2. The normalized spacial score (nSPS) is 18.9. The predicted octanol–water partition coefficient (Wildman–Crippen LogP) is 5.73. The summed E-state index contributed by atoms with van der Waals surface area (Å²) in [6.45, 7) is 0. The Hall–Kier alpha value is -2.93. The third kappa shape index (κ3) is 3.25. The average Bonchev–Trinajstić information content (AvgIpc) is 3.36. The minimum absolute atomic E-state index is 0.104. The Bertz CT molecular complexity index is 1220. The Kier molecular flexibility index (Phi) is 4.10. The molecule has 0 bridgehead atoms. The van der Waals surface area contributed by atoms with Gasteiger partial charge in [0.1, 0.15) is 5.15 Å². The largest absolute Gasteiger partial charge is 0.417 e. The molecule has 0 N–H and O–H groups in total. The van der Waals surface area contributed by atoms with E-state index in [1.54, 1.807) is 47.4 Å². The molecule has 1 aliphatic carbocycles. The van der Waals surface area contributed by atoms with Crippen molar-refractivity contribution in [3.63, 3.8) is 0 Å². The number of hydrogen-bond donors (Lipinski definition) is 0. The summed E-state index contributed by atoms with van der Waals surface area (Å²) in [4.78, 5) is 8.78. The van der Waals surface area contributed by atoms with Crippen LogP contribution in [0, 0.1) is 0 Å². The lowest BCUT2D eigenvalue weighted by Crippen LogP contribution is -2.07. The molecule has 1 aromatic carbocycles. The van der Waals surface area contributed by atoms with E-state index in [0.29, 0.717) is 10.7 Å². The van der Waals surface area contributed by atoms with Crippen molar-refractivity contribution in [3.8, 4) is 11.1 Å². The molecule has 1 aliphatic rings. The number of imidazole rings is 1. The van der Waals surface area contributed by atoms with Crippen LogP contribution in [0.4, 0.5) is 13.2 Å². The van der Waals surface area contributed by atoms with Crippen LogP contribution < -0.4 is 0 Å². The van der Waals surface area contributed by atoms with Gasteiger partial charge >= 0.3 is 6.18 Å². The monoisotopic (exact) mass is 414 g/mol. The summed E-state index contributed by atoms with van der Waals surface area (Å²) in [5.41, 5.74) is 2.49. The highest BCUT2D eigenvalue weighted by Crippen LogP contribution is 2.55. The molecule has 1 fully saturated rings. The summed E-state index contributed by atoms with van der Waals surface area (Å²) >= 11 is 6.13. The fourth-order valence-corrected chi connectivity index (χ4v) is 4.05. The van der Waals surface area contributed by atoms with Gasteiger partial charge in [0, 0.05) is 35.8 Å². The highest BCUT2D eigenvalue weighted by molar-refractivity contribution is 6.29. The Morgan fingerprint density at radius 2 is 1.83 bits per heavy atom. The third-order valence-corrected chi connectivity index (χ3v) is 5.44. The van der Waals surface area contributed by atoms with Gasteiger partial charge in [-0.15, -0.1) is 0 Å². The number of rotatable bonds is 3. The van der Waals surface area contributed by atoms with Gasteiger partial charge < -0.3 is 0 Å². The summed E-state index contributed by atoms with van der Waals surface area (Å²) < 4.78 is 41.8. The lowest BCUT2D eigenvalue weighted by Gasteiger charge is -2.13. The Labute approximate surface area is 169 Å². The van der Waals surface area contributed by atoms with Crippen molar-refractivity contribution < 1.29 is 13.2 Å². The Morgan fingerprint density at radius 1 is 1.00 bits per heavy atom. The molecule has 0 radical (unpaired) electrons. The number of nitrogens with zero attached hydrogens (tertiary/aromatic N) is 4. The van der Waals surface area contributed by atoms with E-state index in [9.17, 15) is 13.2 Å².